The van der Waals surface area contributed by atoms with E-state index < -0.39 is 16.2 Å². The number of carbonyl (C=O) groups is 1. The number of nitrogens with one attached hydrogen (secondary N) is 1. The van der Waals surface area contributed by atoms with Crippen molar-refractivity contribution in [1.82, 2.24) is 14.5 Å². The van der Waals surface area contributed by atoms with Crippen molar-refractivity contribution in [2.45, 2.75) is 11.3 Å². The zero-order chi connectivity index (χ0) is 26.7. The Morgan fingerprint density at radius 3 is 2.24 bits per heavy atom. The number of nitro groups is 1. The topological polar surface area (TPSA) is 113 Å². The Morgan fingerprint density at radius 2 is 1.58 bits per heavy atom. The number of hydrogen-bond acceptors (Lipinski definition) is 7. The standard InChI is InChI=1S/C27H22N6O4S/c1-30-25(35)31(2)27(20-13-7-4-8-14-20)26(30,19-11-5-3-6-12-19)28-24-32(29-27)23(34)22(38-24)17-18-10-9-15-21(16-18)33(36)37/h3-17,29H,1-2H3/b22-17+/t26-,27-/m1/s1. The Bertz CT molecular complexity index is 1770. The highest BCUT2D eigenvalue weighted by molar-refractivity contribution is 7.07. The van der Waals surface area contributed by atoms with Gasteiger partial charge in [-0.15, -0.1) is 0 Å². The largest absolute Gasteiger partial charge is 0.324 e. The van der Waals surface area contributed by atoms with Crippen molar-refractivity contribution in [3.8, 4) is 0 Å². The lowest BCUT2D eigenvalue weighted by atomic mass is 9.80. The first-order valence-electron chi connectivity index (χ1n) is 11.8. The van der Waals surface area contributed by atoms with Gasteiger partial charge in [0.05, 0.1) is 9.46 Å². The maximum atomic E-state index is 13.7. The van der Waals surface area contributed by atoms with Gasteiger partial charge in [0.25, 0.3) is 11.2 Å². The first-order valence-corrected chi connectivity index (χ1v) is 12.6. The molecule has 0 bridgehead atoms. The van der Waals surface area contributed by atoms with Gasteiger partial charge in [-0.05, 0) is 11.6 Å². The van der Waals surface area contributed by atoms with Crippen LogP contribution in [0.2, 0.25) is 0 Å². The molecule has 2 amide bonds. The summed E-state index contributed by atoms with van der Waals surface area (Å²) < 4.78 is 1.71. The molecular formula is C27H22N6O4S. The number of hydrogen-bond donors (Lipinski definition) is 1. The second-order valence-corrected chi connectivity index (χ2v) is 10.1. The van der Waals surface area contributed by atoms with Crippen molar-refractivity contribution >= 4 is 29.1 Å². The van der Waals surface area contributed by atoms with Gasteiger partial charge in [0.2, 0.25) is 16.1 Å². The molecule has 38 heavy (non-hydrogen) atoms. The van der Waals surface area contributed by atoms with Gasteiger partial charge >= 0.3 is 6.03 Å². The number of nitro benzene ring substituents is 1. The number of carbonyl (C=O) groups excluding carboxylic acids is 1. The van der Waals surface area contributed by atoms with Crippen molar-refractivity contribution in [2.24, 2.45) is 4.99 Å². The van der Waals surface area contributed by atoms with Crippen LogP contribution in [0, 0.1) is 10.1 Å². The van der Waals surface area contributed by atoms with Crippen molar-refractivity contribution in [3.05, 3.63) is 131 Å². The molecule has 1 aromatic heterocycles. The molecule has 0 spiro atoms. The number of likely N-dealkylation sites (N-methyl/N-ethyl adjacent to an activating group) is 2. The molecule has 190 valence electrons. The smallest absolute Gasteiger partial charge is 0.295 e. The Morgan fingerprint density at radius 1 is 0.921 bits per heavy atom. The van der Waals surface area contributed by atoms with E-state index in [0.717, 1.165) is 22.5 Å². The Labute approximate surface area is 220 Å². The zero-order valence-corrected chi connectivity index (χ0v) is 21.3. The lowest BCUT2D eigenvalue weighted by Gasteiger charge is -2.49. The number of aromatic nitrogens is 1. The highest BCUT2D eigenvalue weighted by atomic mass is 32.1. The average molecular weight is 527 g/mol. The average Bonchev–Trinajstić information content (AvgIpc) is 3.33. The molecule has 0 saturated carbocycles. The SMILES string of the molecule is CN1C(=O)N(C)[C@@]2(c3ccccc3)Nn3c(s/c(=C/c4cccc([N+](=O)[O-])c4)c3=O)=N[C@]12c1ccccc1. The fraction of sp³-hybridized carbons (Fsp3) is 0.148. The third-order valence-electron chi connectivity index (χ3n) is 7.15. The normalized spacial score (nSPS) is 22.5. The summed E-state index contributed by atoms with van der Waals surface area (Å²) in [6, 6.07) is 24.8. The molecule has 11 heteroatoms. The molecule has 4 aromatic rings. The van der Waals surface area contributed by atoms with E-state index in [0.29, 0.717) is 14.9 Å². The highest BCUT2D eigenvalue weighted by Gasteiger charge is 2.69. The van der Waals surface area contributed by atoms with E-state index in [1.54, 1.807) is 42.1 Å². The monoisotopic (exact) mass is 526 g/mol. The van der Waals surface area contributed by atoms with Gasteiger partial charge in [0.1, 0.15) is 0 Å². The summed E-state index contributed by atoms with van der Waals surface area (Å²) in [6.07, 6.45) is 1.61. The summed E-state index contributed by atoms with van der Waals surface area (Å²) in [5.41, 5.74) is 2.50. The van der Waals surface area contributed by atoms with Gasteiger partial charge in [-0.1, -0.05) is 84.1 Å². The lowest BCUT2D eigenvalue weighted by molar-refractivity contribution is -0.384. The minimum atomic E-state index is -1.26. The first kappa shape index (κ1) is 23.6. The molecule has 0 unspecified atom stereocenters. The predicted octanol–water partition coefficient (Wildman–Crippen LogP) is 2.53. The van der Waals surface area contributed by atoms with E-state index in [1.807, 2.05) is 60.7 Å². The summed E-state index contributed by atoms with van der Waals surface area (Å²) in [6.45, 7) is 0. The Kier molecular flexibility index (Phi) is 5.21. The molecule has 1 N–H and O–H groups in total. The number of urea groups is 1. The summed E-state index contributed by atoms with van der Waals surface area (Å²) in [4.78, 5) is 46.7. The van der Waals surface area contributed by atoms with Crippen LogP contribution < -0.4 is 20.3 Å². The van der Waals surface area contributed by atoms with Gasteiger partial charge in [-0.2, -0.15) is 4.68 Å². The highest BCUT2D eigenvalue weighted by Crippen LogP contribution is 2.53. The van der Waals surface area contributed by atoms with Gasteiger partial charge in [0.15, 0.2) is 0 Å². The second-order valence-electron chi connectivity index (χ2n) is 9.12. The molecule has 2 aliphatic heterocycles. The minimum absolute atomic E-state index is 0.0645. The molecule has 3 heterocycles. The summed E-state index contributed by atoms with van der Waals surface area (Å²) in [7, 11) is 3.40. The Balaban J connectivity index is 1.67. The number of benzene rings is 3. The number of non-ortho nitro benzene ring substituents is 1. The third-order valence-corrected chi connectivity index (χ3v) is 8.12. The molecular weight excluding hydrogens is 504 g/mol. The van der Waals surface area contributed by atoms with Crippen LogP contribution in [0.5, 0.6) is 0 Å². The number of amides is 2. The maximum absolute atomic E-state index is 13.7. The van der Waals surface area contributed by atoms with E-state index in [2.05, 4.69) is 5.43 Å². The molecule has 6 rings (SSSR count). The number of nitrogens with zero attached hydrogens (tertiary/aromatic N) is 5. The number of thiazole rings is 1. The molecule has 1 fully saturated rings. The lowest BCUT2D eigenvalue weighted by Crippen LogP contribution is -2.67. The zero-order valence-electron chi connectivity index (χ0n) is 20.4. The summed E-state index contributed by atoms with van der Waals surface area (Å²) in [5, 5.41) is 11.2. The van der Waals surface area contributed by atoms with Crippen molar-refractivity contribution in [2.75, 3.05) is 19.5 Å². The van der Waals surface area contributed by atoms with Crippen LogP contribution in [0.25, 0.3) is 6.08 Å². The van der Waals surface area contributed by atoms with Crippen molar-refractivity contribution in [3.63, 3.8) is 0 Å². The van der Waals surface area contributed by atoms with Crippen LogP contribution >= 0.6 is 11.3 Å². The van der Waals surface area contributed by atoms with Crippen molar-refractivity contribution < 1.29 is 9.72 Å². The first-order chi connectivity index (χ1) is 18.3. The van der Waals surface area contributed by atoms with E-state index >= 15 is 0 Å². The van der Waals surface area contributed by atoms with E-state index in [4.69, 9.17) is 4.99 Å². The maximum Gasteiger partial charge on any atom is 0.324 e. The van der Waals surface area contributed by atoms with E-state index in [-0.39, 0.29) is 17.3 Å². The van der Waals surface area contributed by atoms with Crippen LogP contribution in [-0.4, -0.2) is 39.5 Å². The van der Waals surface area contributed by atoms with Crippen LogP contribution in [0.4, 0.5) is 10.5 Å². The second kappa shape index (κ2) is 8.38. The molecule has 10 nitrogen and oxygen atoms in total. The molecule has 2 aliphatic rings. The van der Waals surface area contributed by atoms with E-state index in [1.165, 1.54) is 16.8 Å². The van der Waals surface area contributed by atoms with Crippen molar-refractivity contribution in [1.29, 1.82) is 0 Å². The molecule has 2 atom stereocenters. The molecule has 1 saturated heterocycles. The molecule has 0 radical (unpaired) electrons. The van der Waals surface area contributed by atoms with Gasteiger partial charge < -0.3 is 0 Å². The summed E-state index contributed by atoms with van der Waals surface area (Å²) in [5.74, 6) is 0. The van der Waals surface area contributed by atoms with Crippen LogP contribution in [0.3, 0.4) is 0 Å². The molecule has 3 aromatic carbocycles. The fourth-order valence-electron chi connectivity index (χ4n) is 5.40. The van der Waals surface area contributed by atoms with E-state index in [9.17, 15) is 19.7 Å². The predicted molar refractivity (Wildman–Crippen MR) is 143 cm³/mol. The van der Waals surface area contributed by atoms with Crippen LogP contribution in [0.15, 0.2) is 94.7 Å². The fourth-order valence-corrected chi connectivity index (χ4v) is 6.36. The quantitative estimate of drug-likeness (QED) is 0.324. The number of rotatable bonds is 4. The van der Waals surface area contributed by atoms with Gasteiger partial charge in [0, 0.05) is 37.4 Å². The molecule has 0 aliphatic carbocycles. The summed E-state index contributed by atoms with van der Waals surface area (Å²) >= 11 is 1.15. The Hall–Kier alpha value is -4.77. The number of fused-ring (bicyclic) bond motifs is 2. The van der Waals surface area contributed by atoms with Gasteiger partial charge in [-0.25, -0.2) is 9.79 Å². The van der Waals surface area contributed by atoms with Gasteiger partial charge in [-0.3, -0.25) is 30.1 Å². The third kappa shape index (κ3) is 3.08. The van der Waals surface area contributed by atoms with Crippen LogP contribution in [0.1, 0.15) is 16.7 Å². The minimum Gasteiger partial charge on any atom is -0.295 e. The van der Waals surface area contributed by atoms with Crippen LogP contribution in [-0.2, 0) is 11.3 Å².